The Morgan fingerprint density at radius 1 is 1.06 bits per heavy atom. The molecule has 0 bridgehead atoms. The lowest BCUT2D eigenvalue weighted by atomic mass is 10.2. The lowest BCUT2D eigenvalue weighted by molar-refractivity contribution is 0.205. The van der Waals surface area contributed by atoms with Gasteiger partial charge in [0.25, 0.3) is 0 Å². The number of benzene rings is 1. The molecular weight excluding hydrogens is 506 g/mol. The third-order valence-corrected chi connectivity index (χ3v) is 8.49. The van der Waals surface area contributed by atoms with Crippen molar-refractivity contribution in [1.82, 2.24) is 14.1 Å². The first-order valence-corrected chi connectivity index (χ1v) is 13.7. The SMILES string of the molecule is O=c1c(OC2CCCC2)c(N2CCN(S(=O)(=O)CCCF)CC2)cnn1-c1cc(Cl)cc(Cl)c1. The molecule has 186 valence electrons. The monoisotopic (exact) mass is 532 g/mol. The molecule has 34 heavy (non-hydrogen) atoms. The molecule has 0 unspecified atom stereocenters. The molecule has 2 aliphatic rings. The Morgan fingerprint density at radius 2 is 1.71 bits per heavy atom. The topological polar surface area (TPSA) is 84.7 Å². The van der Waals surface area contributed by atoms with E-state index in [1.54, 1.807) is 24.4 Å². The van der Waals surface area contributed by atoms with Gasteiger partial charge in [-0.15, -0.1) is 0 Å². The molecule has 2 fully saturated rings. The van der Waals surface area contributed by atoms with Gasteiger partial charge in [0, 0.05) is 36.2 Å². The van der Waals surface area contributed by atoms with Crippen LogP contribution in [-0.4, -0.2) is 67.2 Å². The minimum atomic E-state index is -3.51. The normalized spacial score (nSPS) is 17.9. The first kappa shape index (κ1) is 25.2. The Hall–Kier alpha value is -1.88. The van der Waals surface area contributed by atoms with Crippen molar-refractivity contribution >= 4 is 38.9 Å². The number of nitrogens with zero attached hydrogens (tertiary/aromatic N) is 4. The van der Waals surface area contributed by atoms with Gasteiger partial charge >= 0.3 is 5.56 Å². The van der Waals surface area contributed by atoms with E-state index in [1.807, 2.05) is 4.90 Å². The zero-order valence-corrected chi connectivity index (χ0v) is 21.0. The van der Waals surface area contributed by atoms with Crippen molar-refractivity contribution in [3.63, 3.8) is 0 Å². The predicted octanol–water partition coefficient (Wildman–Crippen LogP) is 3.67. The molecule has 0 spiro atoms. The van der Waals surface area contributed by atoms with Gasteiger partial charge in [0.2, 0.25) is 15.8 Å². The van der Waals surface area contributed by atoms with Crippen molar-refractivity contribution in [3.8, 4) is 11.4 Å². The third kappa shape index (κ3) is 5.67. The molecule has 12 heteroatoms. The first-order chi connectivity index (χ1) is 16.3. The van der Waals surface area contributed by atoms with Crippen LogP contribution in [0.1, 0.15) is 32.1 Å². The number of aromatic nitrogens is 2. The number of hydrogen-bond acceptors (Lipinski definition) is 6. The van der Waals surface area contributed by atoms with Gasteiger partial charge < -0.3 is 9.64 Å². The zero-order chi connectivity index (χ0) is 24.3. The van der Waals surface area contributed by atoms with Gasteiger partial charge in [0.1, 0.15) is 5.69 Å². The van der Waals surface area contributed by atoms with Gasteiger partial charge in [-0.3, -0.25) is 9.18 Å². The summed E-state index contributed by atoms with van der Waals surface area (Å²) in [5, 5.41) is 5.10. The van der Waals surface area contributed by atoms with Crippen molar-refractivity contribution in [2.45, 2.75) is 38.2 Å². The fourth-order valence-corrected chi connectivity index (χ4v) is 6.32. The number of ether oxygens (including phenoxy) is 1. The van der Waals surface area contributed by atoms with E-state index in [0.29, 0.717) is 34.5 Å². The smallest absolute Gasteiger partial charge is 0.316 e. The van der Waals surface area contributed by atoms with Crippen LogP contribution in [0.4, 0.5) is 10.1 Å². The van der Waals surface area contributed by atoms with Crippen LogP contribution < -0.4 is 15.2 Å². The average molecular weight is 533 g/mol. The largest absolute Gasteiger partial charge is 0.483 e. The highest BCUT2D eigenvalue weighted by Crippen LogP contribution is 2.31. The van der Waals surface area contributed by atoms with Gasteiger partial charge in [-0.25, -0.2) is 8.42 Å². The molecule has 1 aliphatic heterocycles. The molecule has 1 saturated heterocycles. The summed E-state index contributed by atoms with van der Waals surface area (Å²) in [4.78, 5) is 15.4. The zero-order valence-electron chi connectivity index (χ0n) is 18.6. The van der Waals surface area contributed by atoms with Gasteiger partial charge in [-0.1, -0.05) is 23.2 Å². The molecule has 0 N–H and O–H groups in total. The van der Waals surface area contributed by atoms with Crippen LogP contribution in [0.5, 0.6) is 5.75 Å². The highest BCUT2D eigenvalue weighted by molar-refractivity contribution is 7.89. The molecule has 1 aliphatic carbocycles. The quantitative estimate of drug-likeness (QED) is 0.515. The molecule has 1 saturated carbocycles. The molecular formula is C22H27Cl2FN4O4S. The summed E-state index contributed by atoms with van der Waals surface area (Å²) < 4.78 is 46.1. The van der Waals surface area contributed by atoms with E-state index in [-0.39, 0.29) is 37.1 Å². The van der Waals surface area contributed by atoms with Crippen LogP contribution in [0.2, 0.25) is 10.0 Å². The second kappa shape index (κ2) is 10.8. The summed E-state index contributed by atoms with van der Waals surface area (Å²) in [6.45, 7) is 0.545. The number of hydrogen-bond donors (Lipinski definition) is 0. The van der Waals surface area contributed by atoms with E-state index in [9.17, 15) is 17.6 Å². The van der Waals surface area contributed by atoms with Crippen molar-refractivity contribution in [1.29, 1.82) is 0 Å². The van der Waals surface area contributed by atoms with Crippen LogP contribution in [0.15, 0.2) is 29.2 Å². The number of rotatable bonds is 8. The van der Waals surface area contributed by atoms with Crippen LogP contribution in [0.3, 0.4) is 0 Å². The maximum Gasteiger partial charge on any atom is 0.316 e. The maximum atomic E-state index is 13.5. The van der Waals surface area contributed by atoms with Crippen LogP contribution in [-0.2, 0) is 10.0 Å². The fourth-order valence-electron chi connectivity index (χ4n) is 4.36. The molecule has 0 amide bonds. The summed E-state index contributed by atoms with van der Waals surface area (Å²) in [6, 6.07) is 4.77. The van der Waals surface area contributed by atoms with Crippen molar-refractivity contribution in [2.24, 2.45) is 0 Å². The summed E-state index contributed by atoms with van der Waals surface area (Å²) in [6.07, 6.45) is 5.30. The van der Waals surface area contributed by atoms with E-state index in [0.717, 1.165) is 25.7 Å². The molecule has 0 radical (unpaired) electrons. The number of sulfonamides is 1. The average Bonchev–Trinajstić information content (AvgIpc) is 3.32. The Kier molecular flexibility index (Phi) is 8.01. The van der Waals surface area contributed by atoms with Gasteiger partial charge in [-0.2, -0.15) is 14.1 Å². The molecule has 1 aromatic heterocycles. The highest BCUT2D eigenvalue weighted by atomic mass is 35.5. The number of anilines is 1. The van der Waals surface area contributed by atoms with Crippen molar-refractivity contribution in [2.75, 3.05) is 43.5 Å². The summed E-state index contributed by atoms with van der Waals surface area (Å²) in [5.41, 5.74) is 0.525. The van der Waals surface area contributed by atoms with E-state index in [2.05, 4.69) is 5.10 Å². The third-order valence-electron chi connectivity index (χ3n) is 6.10. The predicted molar refractivity (Wildman–Crippen MR) is 131 cm³/mol. The van der Waals surface area contributed by atoms with Crippen LogP contribution >= 0.6 is 23.2 Å². The Bertz CT molecular complexity index is 1160. The van der Waals surface area contributed by atoms with E-state index in [1.165, 1.54) is 8.99 Å². The molecule has 4 rings (SSSR count). The number of alkyl halides is 1. The second-order valence-corrected chi connectivity index (χ2v) is 11.4. The van der Waals surface area contributed by atoms with Crippen molar-refractivity contribution in [3.05, 3.63) is 44.8 Å². The van der Waals surface area contributed by atoms with E-state index in [4.69, 9.17) is 27.9 Å². The van der Waals surface area contributed by atoms with Gasteiger partial charge in [0.05, 0.1) is 30.4 Å². The lowest BCUT2D eigenvalue weighted by Crippen LogP contribution is -2.49. The first-order valence-electron chi connectivity index (χ1n) is 11.3. The van der Waals surface area contributed by atoms with Gasteiger partial charge in [0.15, 0.2) is 0 Å². The summed E-state index contributed by atoms with van der Waals surface area (Å²) in [5.74, 6) is -0.0222. The molecule has 2 heterocycles. The standard InChI is InChI=1S/C22H27Cl2FN4O4S/c23-16-12-17(24)14-18(13-16)29-22(30)21(33-19-4-1-2-5-19)20(15-26-29)27-7-9-28(10-8-27)34(31,32)11-3-6-25/h12-15,19H,1-11H2. The Labute approximate surface area is 208 Å². The molecule has 1 aromatic carbocycles. The van der Waals surface area contributed by atoms with Crippen LogP contribution in [0.25, 0.3) is 5.69 Å². The molecule has 2 aromatic rings. The molecule has 0 atom stereocenters. The van der Waals surface area contributed by atoms with Crippen molar-refractivity contribution < 1.29 is 17.5 Å². The minimum Gasteiger partial charge on any atom is -0.483 e. The lowest BCUT2D eigenvalue weighted by Gasteiger charge is -2.36. The van der Waals surface area contributed by atoms with E-state index < -0.39 is 22.3 Å². The second-order valence-electron chi connectivity index (χ2n) is 8.47. The van der Waals surface area contributed by atoms with E-state index >= 15 is 0 Å². The Balaban J connectivity index is 1.63. The molecule has 8 nitrogen and oxygen atoms in total. The van der Waals surface area contributed by atoms with Crippen LogP contribution in [0, 0.1) is 0 Å². The van der Waals surface area contributed by atoms with Gasteiger partial charge in [-0.05, 0) is 50.3 Å². The number of piperazine rings is 1. The fraction of sp³-hybridized carbons (Fsp3) is 0.545. The highest BCUT2D eigenvalue weighted by Gasteiger charge is 2.30. The summed E-state index contributed by atoms with van der Waals surface area (Å²) >= 11 is 12.2. The maximum absolute atomic E-state index is 13.5. The minimum absolute atomic E-state index is 0.0163. The summed E-state index contributed by atoms with van der Waals surface area (Å²) in [7, 11) is -3.51. The number of halogens is 3. The Morgan fingerprint density at radius 3 is 2.32 bits per heavy atom.